The summed E-state index contributed by atoms with van der Waals surface area (Å²) < 4.78 is 0. The van der Waals surface area contributed by atoms with Crippen LogP contribution >= 0.6 is 11.8 Å². The van der Waals surface area contributed by atoms with E-state index in [9.17, 15) is 10.1 Å². The zero-order valence-electron chi connectivity index (χ0n) is 12.4. The van der Waals surface area contributed by atoms with Crippen LogP contribution in [0.4, 0.5) is 5.69 Å². The van der Waals surface area contributed by atoms with E-state index in [0.29, 0.717) is 11.1 Å². The zero-order valence-corrected chi connectivity index (χ0v) is 13.2. The first-order chi connectivity index (χ1) is 10.4. The van der Waals surface area contributed by atoms with Gasteiger partial charge in [0.05, 0.1) is 9.95 Å². The maximum absolute atomic E-state index is 10.7. The highest BCUT2D eigenvalue weighted by Gasteiger charge is 2.12. The van der Waals surface area contributed by atoms with Crippen molar-refractivity contribution in [1.82, 2.24) is 4.90 Å². The lowest BCUT2D eigenvalue weighted by Gasteiger charge is -2.15. The van der Waals surface area contributed by atoms with Gasteiger partial charge in [-0.3, -0.25) is 10.1 Å². The Balaban J connectivity index is 3.48. The number of thioether (sulfide) groups is 1. The molecule has 0 N–H and O–H groups in total. The SMILES string of the molecule is CS/C(=C/C(=C(C#N)C#N)c1ccc([N+](=O)[O-])cc1)N(C)C. The Bertz CT molecular complexity index is 691. The van der Waals surface area contributed by atoms with Gasteiger partial charge in [-0.15, -0.1) is 11.8 Å². The highest BCUT2D eigenvalue weighted by molar-refractivity contribution is 8.02. The number of nitro groups is 1. The van der Waals surface area contributed by atoms with Gasteiger partial charge in [0.1, 0.15) is 17.7 Å². The Labute approximate surface area is 133 Å². The monoisotopic (exact) mass is 314 g/mol. The molecule has 0 saturated carbocycles. The van der Waals surface area contributed by atoms with E-state index >= 15 is 0 Å². The van der Waals surface area contributed by atoms with Gasteiger partial charge in [-0.25, -0.2) is 0 Å². The first-order valence-electron chi connectivity index (χ1n) is 6.17. The molecule has 0 saturated heterocycles. The first-order valence-corrected chi connectivity index (χ1v) is 7.39. The summed E-state index contributed by atoms with van der Waals surface area (Å²) in [6, 6.07) is 9.51. The highest BCUT2D eigenvalue weighted by Crippen LogP contribution is 2.27. The standard InChI is InChI=1S/C15H14N4O2S/c1-18(2)15(22-3)8-14(12(9-16)10-17)11-4-6-13(7-5-11)19(20)21/h4-8H,1-3H3/b15-8+. The van der Waals surface area contributed by atoms with Gasteiger partial charge in [0.15, 0.2) is 0 Å². The smallest absolute Gasteiger partial charge is 0.269 e. The van der Waals surface area contributed by atoms with Crippen LogP contribution in [0.25, 0.3) is 5.57 Å². The number of allylic oxidation sites excluding steroid dienone is 3. The van der Waals surface area contributed by atoms with Gasteiger partial charge in [-0.05, 0) is 30.0 Å². The Morgan fingerprint density at radius 2 is 1.82 bits per heavy atom. The second kappa shape index (κ2) is 7.87. The summed E-state index contributed by atoms with van der Waals surface area (Å²) in [5, 5.41) is 29.8. The molecule has 0 aliphatic carbocycles. The maximum atomic E-state index is 10.7. The third-order valence-corrected chi connectivity index (χ3v) is 3.70. The minimum Gasteiger partial charge on any atom is -0.372 e. The van der Waals surface area contributed by atoms with Crippen LogP contribution in [0.5, 0.6) is 0 Å². The minimum absolute atomic E-state index is 0.0396. The topological polar surface area (TPSA) is 94.0 Å². The van der Waals surface area contributed by atoms with Crippen LogP contribution in [-0.2, 0) is 0 Å². The Morgan fingerprint density at radius 1 is 1.27 bits per heavy atom. The number of benzene rings is 1. The number of non-ortho nitro benzene ring substituents is 1. The summed E-state index contributed by atoms with van der Waals surface area (Å²) >= 11 is 1.47. The maximum Gasteiger partial charge on any atom is 0.269 e. The molecular formula is C15H14N4O2S. The molecule has 0 radical (unpaired) electrons. The van der Waals surface area contributed by atoms with E-state index in [0.717, 1.165) is 5.03 Å². The molecule has 0 heterocycles. The van der Waals surface area contributed by atoms with E-state index < -0.39 is 4.92 Å². The predicted octanol–water partition coefficient (Wildman–Crippen LogP) is 3.16. The van der Waals surface area contributed by atoms with Gasteiger partial charge in [-0.2, -0.15) is 10.5 Å². The van der Waals surface area contributed by atoms with E-state index in [1.54, 1.807) is 6.08 Å². The molecule has 112 valence electrons. The lowest BCUT2D eigenvalue weighted by molar-refractivity contribution is -0.384. The van der Waals surface area contributed by atoms with Crippen LogP contribution in [-0.4, -0.2) is 30.2 Å². The first kappa shape index (κ1) is 17.3. The van der Waals surface area contributed by atoms with Crippen LogP contribution in [0.2, 0.25) is 0 Å². The molecule has 1 aromatic carbocycles. The molecule has 1 rings (SSSR count). The van der Waals surface area contributed by atoms with Crippen molar-refractivity contribution in [3.63, 3.8) is 0 Å². The molecule has 0 unspecified atom stereocenters. The molecular weight excluding hydrogens is 300 g/mol. The zero-order chi connectivity index (χ0) is 16.7. The van der Waals surface area contributed by atoms with Gasteiger partial charge >= 0.3 is 0 Å². The number of rotatable bonds is 5. The van der Waals surface area contributed by atoms with Crippen LogP contribution in [0, 0.1) is 32.8 Å². The van der Waals surface area contributed by atoms with Crippen LogP contribution < -0.4 is 0 Å². The number of nitro benzene ring substituents is 1. The number of nitriles is 2. The van der Waals surface area contributed by atoms with Crippen LogP contribution in [0.3, 0.4) is 0 Å². The van der Waals surface area contributed by atoms with Gasteiger partial charge in [0, 0.05) is 31.8 Å². The quantitative estimate of drug-likeness (QED) is 0.358. The van der Waals surface area contributed by atoms with Crippen molar-refractivity contribution in [3.05, 3.63) is 56.6 Å². The molecule has 7 heteroatoms. The second-order valence-corrected chi connectivity index (χ2v) is 5.22. The molecule has 0 amide bonds. The third kappa shape index (κ3) is 4.11. The molecule has 0 aromatic heterocycles. The van der Waals surface area contributed by atoms with Gasteiger partial charge in [0.2, 0.25) is 0 Å². The van der Waals surface area contributed by atoms with E-state index in [-0.39, 0.29) is 11.3 Å². The van der Waals surface area contributed by atoms with Crippen molar-refractivity contribution >= 4 is 23.0 Å². The number of hydrogen-bond acceptors (Lipinski definition) is 6. The van der Waals surface area contributed by atoms with Crippen molar-refractivity contribution in [1.29, 1.82) is 10.5 Å². The van der Waals surface area contributed by atoms with Gasteiger partial charge in [-0.1, -0.05) is 0 Å². The molecule has 22 heavy (non-hydrogen) atoms. The van der Waals surface area contributed by atoms with Crippen LogP contribution in [0.15, 0.2) is 40.9 Å². The normalized spacial score (nSPS) is 10.3. The van der Waals surface area contributed by atoms with Crippen molar-refractivity contribution in [2.24, 2.45) is 0 Å². The van der Waals surface area contributed by atoms with Crippen molar-refractivity contribution in [3.8, 4) is 12.1 Å². The average molecular weight is 314 g/mol. The largest absolute Gasteiger partial charge is 0.372 e. The van der Waals surface area contributed by atoms with E-state index in [1.807, 2.05) is 37.4 Å². The predicted molar refractivity (Wildman–Crippen MR) is 86.5 cm³/mol. The Kier molecular flexibility index (Phi) is 6.18. The average Bonchev–Trinajstić information content (AvgIpc) is 2.51. The van der Waals surface area contributed by atoms with E-state index in [2.05, 4.69) is 0 Å². The molecule has 0 atom stereocenters. The molecule has 0 aliphatic heterocycles. The van der Waals surface area contributed by atoms with Crippen molar-refractivity contribution < 1.29 is 4.92 Å². The number of nitrogens with zero attached hydrogens (tertiary/aromatic N) is 4. The summed E-state index contributed by atoms with van der Waals surface area (Å²) in [6.07, 6.45) is 3.62. The fourth-order valence-electron chi connectivity index (χ4n) is 1.70. The lowest BCUT2D eigenvalue weighted by atomic mass is 10.0. The Hall–Kier alpha value is -2.77. The van der Waals surface area contributed by atoms with E-state index in [4.69, 9.17) is 10.5 Å². The summed E-state index contributed by atoms with van der Waals surface area (Å²) in [6.45, 7) is 0. The Morgan fingerprint density at radius 3 is 2.18 bits per heavy atom. The molecule has 0 spiro atoms. The summed E-state index contributed by atoms with van der Waals surface area (Å²) in [5.41, 5.74) is 0.942. The number of hydrogen-bond donors (Lipinski definition) is 0. The van der Waals surface area contributed by atoms with Crippen LogP contribution in [0.1, 0.15) is 5.56 Å². The fraction of sp³-hybridized carbons (Fsp3) is 0.200. The molecule has 0 fully saturated rings. The van der Waals surface area contributed by atoms with E-state index in [1.165, 1.54) is 36.0 Å². The molecule has 6 nitrogen and oxygen atoms in total. The lowest BCUT2D eigenvalue weighted by Crippen LogP contribution is -2.08. The van der Waals surface area contributed by atoms with Gasteiger partial charge < -0.3 is 4.90 Å². The minimum atomic E-state index is -0.494. The van der Waals surface area contributed by atoms with Crippen molar-refractivity contribution in [2.45, 2.75) is 0 Å². The summed E-state index contributed by atoms with van der Waals surface area (Å²) in [4.78, 5) is 12.1. The third-order valence-electron chi connectivity index (χ3n) is 2.80. The fourth-order valence-corrected chi connectivity index (χ4v) is 2.30. The summed E-state index contributed by atoms with van der Waals surface area (Å²) in [7, 11) is 3.71. The molecule has 0 aliphatic rings. The van der Waals surface area contributed by atoms with Crippen molar-refractivity contribution in [2.75, 3.05) is 20.4 Å². The summed E-state index contributed by atoms with van der Waals surface area (Å²) in [5.74, 6) is 0. The molecule has 0 bridgehead atoms. The highest BCUT2D eigenvalue weighted by atomic mass is 32.2. The molecule has 1 aromatic rings. The van der Waals surface area contributed by atoms with Gasteiger partial charge in [0.25, 0.3) is 5.69 Å². The second-order valence-electron chi connectivity index (χ2n) is 4.40.